The zero-order valence-corrected chi connectivity index (χ0v) is 20.1. The van der Waals surface area contributed by atoms with Crippen molar-refractivity contribution < 1.29 is 23.0 Å². The van der Waals surface area contributed by atoms with Crippen LogP contribution in [-0.2, 0) is 12.6 Å². The van der Waals surface area contributed by atoms with Gasteiger partial charge in [-0.05, 0) is 75.2 Å². The third-order valence-corrected chi connectivity index (χ3v) is 5.31. The monoisotopic (exact) mass is 488 g/mol. The number of ether oxygens (including phenoxy) is 1. The molecule has 0 fully saturated rings. The van der Waals surface area contributed by atoms with E-state index in [1.165, 1.54) is 25.0 Å². The van der Waals surface area contributed by atoms with Crippen LogP contribution in [0, 0.1) is 0 Å². The number of hydrogen-bond donors (Lipinski definition) is 3. The Balaban J connectivity index is 0.00000544. The standard InChI is InChI=1S/C25H35F3N2O2.ClH/c1-19(30-18-24(31)21-8-7-9-22(17-21)25(26,27)28)16-20-10-12-23(13-11-20)32-15-6-4-3-5-14-29-2;/h7-13,17,19,24,29-31H,3-6,14-16,18H2,1-2H3;1H. The molecule has 2 unspecified atom stereocenters. The quantitative estimate of drug-likeness (QED) is 0.306. The number of rotatable bonds is 14. The van der Waals surface area contributed by atoms with Crippen LogP contribution >= 0.6 is 12.4 Å². The number of nitrogens with one attached hydrogen (secondary N) is 2. The van der Waals surface area contributed by atoms with Crippen molar-refractivity contribution in [3.63, 3.8) is 0 Å². The summed E-state index contributed by atoms with van der Waals surface area (Å²) < 4.78 is 44.3. The molecule has 33 heavy (non-hydrogen) atoms. The normalized spacial score (nSPS) is 13.3. The largest absolute Gasteiger partial charge is 0.494 e. The van der Waals surface area contributed by atoms with Crippen LogP contribution in [0.15, 0.2) is 48.5 Å². The average molecular weight is 489 g/mol. The molecular formula is C25H36ClF3N2O2. The SMILES string of the molecule is CNCCCCCCOc1ccc(CC(C)NCC(O)c2cccc(C(F)(F)F)c2)cc1.Cl. The van der Waals surface area contributed by atoms with Crippen LogP contribution in [0.2, 0.25) is 0 Å². The molecule has 0 amide bonds. The Labute approximate surface area is 201 Å². The van der Waals surface area contributed by atoms with Gasteiger partial charge in [-0.25, -0.2) is 0 Å². The molecule has 0 radical (unpaired) electrons. The van der Waals surface area contributed by atoms with E-state index in [4.69, 9.17) is 4.74 Å². The van der Waals surface area contributed by atoms with Crippen molar-refractivity contribution in [3.8, 4) is 5.75 Å². The lowest BCUT2D eigenvalue weighted by Crippen LogP contribution is -2.32. The zero-order valence-electron chi connectivity index (χ0n) is 19.3. The van der Waals surface area contributed by atoms with Gasteiger partial charge in [-0.1, -0.05) is 37.1 Å². The van der Waals surface area contributed by atoms with E-state index in [0.717, 1.165) is 49.3 Å². The first kappa shape index (κ1) is 29.2. The maximum atomic E-state index is 12.9. The van der Waals surface area contributed by atoms with Gasteiger partial charge in [-0.15, -0.1) is 12.4 Å². The summed E-state index contributed by atoms with van der Waals surface area (Å²) in [6.45, 7) is 3.93. The number of benzene rings is 2. The predicted molar refractivity (Wildman–Crippen MR) is 129 cm³/mol. The predicted octanol–water partition coefficient (Wildman–Crippen LogP) is 5.54. The second-order valence-corrected chi connectivity index (χ2v) is 8.16. The van der Waals surface area contributed by atoms with Crippen LogP contribution in [0.25, 0.3) is 0 Å². The third kappa shape index (κ3) is 11.3. The van der Waals surface area contributed by atoms with Crippen molar-refractivity contribution in [1.82, 2.24) is 10.6 Å². The maximum absolute atomic E-state index is 12.9. The van der Waals surface area contributed by atoms with Crippen LogP contribution in [0.1, 0.15) is 55.4 Å². The second-order valence-electron chi connectivity index (χ2n) is 8.16. The Morgan fingerprint density at radius 3 is 2.36 bits per heavy atom. The highest BCUT2D eigenvalue weighted by molar-refractivity contribution is 5.85. The molecule has 0 spiro atoms. The lowest BCUT2D eigenvalue weighted by atomic mass is 10.0. The number of aliphatic hydroxyl groups excluding tert-OH is 1. The number of unbranched alkanes of at least 4 members (excludes halogenated alkanes) is 3. The Morgan fingerprint density at radius 1 is 1.00 bits per heavy atom. The molecule has 0 heterocycles. The van der Waals surface area contributed by atoms with Crippen molar-refractivity contribution in [2.45, 2.75) is 57.3 Å². The van der Waals surface area contributed by atoms with Crippen LogP contribution in [0.5, 0.6) is 5.75 Å². The third-order valence-electron chi connectivity index (χ3n) is 5.31. The Bertz CT molecular complexity index is 788. The number of alkyl halides is 3. The molecule has 0 saturated carbocycles. The minimum absolute atomic E-state index is 0. The summed E-state index contributed by atoms with van der Waals surface area (Å²) in [5.74, 6) is 0.851. The van der Waals surface area contributed by atoms with Gasteiger partial charge >= 0.3 is 6.18 Å². The van der Waals surface area contributed by atoms with Crippen LogP contribution in [0.4, 0.5) is 13.2 Å². The molecule has 0 saturated heterocycles. The van der Waals surface area contributed by atoms with Crippen LogP contribution < -0.4 is 15.4 Å². The fourth-order valence-electron chi connectivity index (χ4n) is 3.45. The lowest BCUT2D eigenvalue weighted by molar-refractivity contribution is -0.137. The highest BCUT2D eigenvalue weighted by Gasteiger charge is 2.30. The zero-order chi connectivity index (χ0) is 23.4. The molecule has 2 rings (SSSR count). The average Bonchev–Trinajstić information content (AvgIpc) is 2.77. The summed E-state index contributed by atoms with van der Waals surface area (Å²) in [5.41, 5.74) is 0.624. The molecule has 2 atom stereocenters. The first-order valence-electron chi connectivity index (χ1n) is 11.2. The number of hydrogen-bond acceptors (Lipinski definition) is 4. The van der Waals surface area contributed by atoms with Gasteiger partial charge < -0.3 is 20.5 Å². The summed E-state index contributed by atoms with van der Waals surface area (Å²) >= 11 is 0. The van der Waals surface area contributed by atoms with E-state index in [2.05, 4.69) is 10.6 Å². The van der Waals surface area contributed by atoms with Gasteiger partial charge in [0.2, 0.25) is 0 Å². The Hall–Kier alpha value is -1.80. The summed E-state index contributed by atoms with van der Waals surface area (Å²) in [6.07, 6.45) is -0.0886. The van der Waals surface area contributed by atoms with Crippen LogP contribution in [-0.4, -0.2) is 37.9 Å². The molecular weight excluding hydrogens is 453 g/mol. The molecule has 4 nitrogen and oxygen atoms in total. The van der Waals surface area contributed by atoms with Gasteiger partial charge in [0.15, 0.2) is 0 Å². The van der Waals surface area contributed by atoms with Crippen molar-refractivity contribution >= 4 is 12.4 Å². The molecule has 2 aromatic rings. The van der Waals surface area contributed by atoms with Gasteiger partial charge in [0.25, 0.3) is 0 Å². The van der Waals surface area contributed by atoms with Crippen molar-refractivity contribution in [2.24, 2.45) is 0 Å². The number of aliphatic hydroxyl groups is 1. The summed E-state index contributed by atoms with van der Waals surface area (Å²) in [5, 5.41) is 16.6. The summed E-state index contributed by atoms with van der Waals surface area (Å²) in [7, 11) is 1.97. The van der Waals surface area contributed by atoms with Crippen molar-refractivity contribution in [2.75, 3.05) is 26.7 Å². The van der Waals surface area contributed by atoms with E-state index in [0.29, 0.717) is 6.61 Å². The topological polar surface area (TPSA) is 53.5 Å². The first-order chi connectivity index (χ1) is 15.3. The Morgan fingerprint density at radius 2 is 1.70 bits per heavy atom. The highest BCUT2D eigenvalue weighted by atomic mass is 35.5. The molecule has 2 aromatic carbocycles. The minimum Gasteiger partial charge on any atom is -0.494 e. The van der Waals surface area contributed by atoms with Gasteiger partial charge in [0.1, 0.15) is 5.75 Å². The molecule has 0 bridgehead atoms. The summed E-state index contributed by atoms with van der Waals surface area (Å²) in [4.78, 5) is 0. The molecule has 3 N–H and O–H groups in total. The molecule has 0 aliphatic carbocycles. The fourth-order valence-corrected chi connectivity index (χ4v) is 3.45. The summed E-state index contributed by atoms with van der Waals surface area (Å²) in [6, 6.07) is 12.8. The van der Waals surface area contributed by atoms with Gasteiger partial charge in [0.05, 0.1) is 18.3 Å². The molecule has 0 aliphatic heterocycles. The van der Waals surface area contributed by atoms with E-state index < -0.39 is 17.8 Å². The van der Waals surface area contributed by atoms with E-state index in [1.54, 1.807) is 0 Å². The fraction of sp³-hybridized carbons (Fsp3) is 0.520. The maximum Gasteiger partial charge on any atom is 0.416 e. The van der Waals surface area contributed by atoms with Gasteiger partial charge in [-0.3, -0.25) is 0 Å². The second kappa shape index (κ2) is 15.2. The lowest BCUT2D eigenvalue weighted by Gasteiger charge is -2.18. The van der Waals surface area contributed by atoms with Gasteiger partial charge in [0, 0.05) is 12.6 Å². The molecule has 0 aromatic heterocycles. The van der Waals surface area contributed by atoms with Crippen molar-refractivity contribution in [3.05, 3.63) is 65.2 Å². The van der Waals surface area contributed by atoms with Gasteiger partial charge in [-0.2, -0.15) is 13.2 Å². The molecule has 186 valence electrons. The smallest absolute Gasteiger partial charge is 0.416 e. The van der Waals surface area contributed by atoms with Crippen molar-refractivity contribution in [1.29, 1.82) is 0 Å². The van der Waals surface area contributed by atoms with E-state index in [-0.39, 0.29) is 30.6 Å². The van der Waals surface area contributed by atoms with Crippen LogP contribution in [0.3, 0.4) is 0 Å². The molecule has 0 aliphatic rings. The molecule has 8 heteroatoms. The van der Waals surface area contributed by atoms with E-state index in [9.17, 15) is 18.3 Å². The first-order valence-corrected chi connectivity index (χ1v) is 11.2. The minimum atomic E-state index is -4.42. The number of halogens is 4. The van der Waals surface area contributed by atoms with E-state index in [1.807, 2.05) is 38.2 Å². The Kier molecular flexibility index (Phi) is 13.4. The highest BCUT2D eigenvalue weighted by Crippen LogP contribution is 2.30. The van der Waals surface area contributed by atoms with E-state index >= 15 is 0 Å².